The second-order valence-corrected chi connectivity index (χ2v) is 4.77. The molecule has 0 fully saturated rings. The number of aromatic nitrogens is 2. The van der Waals surface area contributed by atoms with Gasteiger partial charge in [-0.3, -0.25) is 14.2 Å². The van der Waals surface area contributed by atoms with Crippen LogP contribution in [0.4, 0.5) is 4.39 Å². The molecule has 0 saturated carbocycles. The van der Waals surface area contributed by atoms with E-state index in [-0.39, 0.29) is 18.8 Å². The predicted octanol–water partition coefficient (Wildman–Crippen LogP) is 0.296. The van der Waals surface area contributed by atoms with Gasteiger partial charge in [-0.15, -0.1) is 0 Å². The van der Waals surface area contributed by atoms with Gasteiger partial charge in [0.15, 0.2) is 5.69 Å². The highest BCUT2D eigenvalue weighted by atomic mass is 19.1. The number of carbonyl (C=O) groups is 2. The molecule has 1 aromatic heterocycles. The number of aldehydes is 1. The van der Waals surface area contributed by atoms with Gasteiger partial charge in [0, 0.05) is 13.6 Å². The normalized spacial score (nSPS) is 10.3. The molecule has 0 aliphatic heterocycles. The molecule has 2 rings (SSSR count). The van der Waals surface area contributed by atoms with E-state index >= 15 is 0 Å². The average molecular weight is 319 g/mol. The third-order valence-electron chi connectivity index (χ3n) is 3.21. The first-order valence-electron chi connectivity index (χ1n) is 6.69. The second-order valence-electron chi connectivity index (χ2n) is 4.77. The van der Waals surface area contributed by atoms with Crippen LogP contribution in [0.2, 0.25) is 0 Å². The molecule has 120 valence electrons. The van der Waals surface area contributed by atoms with Gasteiger partial charge in [-0.05, 0) is 17.7 Å². The largest absolute Gasteiger partial charge is 0.501 e. The van der Waals surface area contributed by atoms with Crippen molar-refractivity contribution in [1.82, 2.24) is 14.9 Å². The topological polar surface area (TPSA) is 101 Å². The molecule has 2 aromatic rings. The van der Waals surface area contributed by atoms with Crippen LogP contribution < -0.4 is 10.9 Å². The van der Waals surface area contributed by atoms with Crippen LogP contribution in [0.5, 0.6) is 5.75 Å². The van der Waals surface area contributed by atoms with Gasteiger partial charge in [0.05, 0.1) is 6.42 Å². The third-order valence-corrected chi connectivity index (χ3v) is 3.21. The molecule has 7 nitrogen and oxygen atoms in total. The summed E-state index contributed by atoms with van der Waals surface area (Å²) in [6.07, 6.45) is 0.378. The summed E-state index contributed by atoms with van der Waals surface area (Å²) in [6.45, 7) is 0.0679. The van der Waals surface area contributed by atoms with Gasteiger partial charge >= 0.3 is 0 Å². The highest BCUT2D eigenvalue weighted by Crippen LogP contribution is 2.10. The van der Waals surface area contributed by atoms with Crippen LogP contribution in [0.3, 0.4) is 0 Å². The second kappa shape index (κ2) is 6.82. The minimum Gasteiger partial charge on any atom is -0.501 e. The van der Waals surface area contributed by atoms with Crippen molar-refractivity contribution in [2.75, 3.05) is 0 Å². The van der Waals surface area contributed by atoms with E-state index in [0.29, 0.717) is 11.8 Å². The van der Waals surface area contributed by atoms with Crippen LogP contribution in [0.1, 0.15) is 21.9 Å². The Hall–Kier alpha value is -3.03. The monoisotopic (exact) mass is 319 g/mol. The number of nitrogens with one attached hydrogen (secondary N) is 1. The Morgan fingerprint density at radius 1 is 1.39 bits per heavy atom. The van der Waals surface area contributed by atoms with Crippen molar-refractivity contribution in [2.45, 2.75) is 13.0 Å². The van der Waals surface area contributed by atoms with Gasteiger partial charge in [-0.25, -0.2) is 9.37 Å². The fourth-order valence-electron chi connectivity index (χ4n) is 1.92. The Bertz CT molecular complexity index is 800. The molecule has 1 heterocycles. The molecule has 0 bridgehead atoms. The molecule has 1 aromatic carbocycles. The Morgan fingerprint density at radius 3 is 2.65 bits per heavy atom. The Balaban J connectivity index is 2.23. The molecule has 23 heavy (non-hydrogen) atoms. The van der Waals surface area contributed by atoms with Crippen molar-refractivity contribution >= 4 is 12.2 Å². The van der Waals surface area contributed by atoms with Crippen LogP contribution in [-0.4, -0.2) is 26.9 Å². The first kappa shape index (κ1) is 16.3. The summed E-state index contributed by atoms with van der Waals surface area (Å²) in [5.41, 5.74) is -0.632. The lowest BCUT2D eigenvalue weighted by molar-refractivity contribution is -0.107. The van der Waals surface area contributed by atoms with E-state index in [1.54, 1.807) is 0 Å². The molecule has 0 radical (unpaired) electrons. The highest BCUT2D eigenvalue weighted by Gasteiger charge is 2.19. The lowest BCUT2D eigenvalue weighted by Gasteiger charge is -2.10. The van der Waals surface area contributed by atoms with Crippen molar-refractivity contribution in [3.05, 3.63) is 57.5 Å². The molecule has 0 saturated heterocycles. The number of hydrogen-bond donors (Lipinski definition) is 2. The zero-order valence-electron chi connectivity index (χ0n) is 12.2. The zero-order chi connectivity index (χ0) is 17.0. The van der Waals surface area contributed by atoms with Crippen LogP contribution in [-0.2, 0) is 24.8 Å². The molecular formula is C15H14FN3O4. The fraction of sp³-hybridized carbons (Fsp3) is 0.200. The number of halogens is 1. The van der Waals surface area contributed by atoms with Crippen molar-refractivity contribution in [3.8, 4) is 5.75 Å². The van der Waals surface area contributed by atoms with E-state index in [0.717, 1.165) is 4.57 Å². The van der Waals surface area contributed by atoms with Crippen molar-refractivity contribution in [1.29, 1.82) is 0 Å². The molecule has 0 spiro atoms. The number of carbonyl (C=O) groups excluding carboxylic acids is 2. The number of rotatable bonds is 5. The highest BCUT2D eigenvalue weighted by molar-refractivity contribution is 5.94. The fourth-order valence-corrected chi connectivity index (χ4v) is 1.92. The quantitative estimate of drug-likeness (QED) is 0.772. The molecule has 2 N–H and O–H groups in total. The van der Waals surface area contributed by atoms with E-state index in [1.807, 2.05) is 0 Å². The van der Waals surface area contributed by atoms with Gasteiger partial charge in [0.25, 0.3) is 11.5 Å². The summed E-state index contributed by atoms with van der Waals surface area (Å²) < 4.78 is 13.8. The summed E-state index contributed by atoms with van der Waals surface area (Å²) in [5.74, 6) is -1.89. The van der Waals surface area contributed by atoms with E-state index in [9.17, 15) is 23.9 Å². The minimum atomic E-state index is -0.816. The predicted molar refractivity (Wildman–Crippen MR) is 78.5 cm³/mol. The number of aromatic hydroxyl groups is 1. The van der Waals surface area contributed by atoms with Gasteiger partial charge in [-0.2, -0.15) is 0 Å². The Labute approximate surface area is 130 Å². The maximum absolute atomic E-state index is 12.8. The number of nitrogens with zero attached hydrogens (tertiary/aromatic N) is 2. The van der Waals surface area contributed by atoms with Crippen LogP contribution in [0.15, 0.2) is 29.1 Å². The SMILES string of the molecule is Cn1c(CC=O)nc(C(=O)NCc2ccc(F)cc2)c(O)c1=O. The first-order valence-corrected chi connectivity index (χ1v) is 6.69. The Kier molecular flexibility index (Phi) is 4.85. The van der Waals surface area contributed by atoms with Crippen molar-refractivity contribution < 1.29 is 19.1 Å². The lowest BCUT2D eigenvalue weighted by Crippen LogP contribution is -2.30. The standard InChI is InChI=1S/C15H14FN3O4/c1-19-11(6-7-20)18-12(13(21)15(19)23)14(22)17-8-9-2-4-10(16)5-3-9/h2-5,7,21H,6,8H2,1H3,(H,17,22). The van der Waals surface area contributed by atoms with Crippen molar-refractivity contribution in [2.24, 2.45) is 7.05 Å². The summed E-state index contributed by atoms with van der Waals surface area (Å²) in [7, 11) is 1.34. The maximum atomic E-state index is 12.8. The summed E-state index contributed by atoms with van der Waals surface area (Å²) in [4.78, 5) is 38.4. The summed E-state index contributed by atoms with van der Waals surface area (Å²) in [6, 6.07) is 5.48. The molecule has 0 aliphatic rings. The van der Waals surface area contributed by atoms with Gasteiger partial charge in [0.2, 0.25) is 5.75 Å². The third kappa shape index (κ3) is 3.60. The van der Waals surface area contributed by atoms with E-state index in [1.165, 1.54) is 31.3 Å². The van der Waals surface area contributed by atoms with E-state index in [4.69, 9.17) is 0 Å². The summed E-state index contributed by atoms with van der Waals surface area (Å²) in [5, 5.41) is 12.3. The number of amides is 1. The number of hydrogen-bond acceptors (Lipinski definition) is 5. The lowest BCUT2D eigenvalue weighted by atomic mass is 10.2. The molecule has 8 heteroatoms. The van der Waals surface area contributed by atoms with E-state index < -0.39 is 28.7 Å². The minimum absolute atomic E-state index is 0.0646. The zero-order valence-corrected chi connectivity index (χ0v) is 12.2. The molecule has 1 amide bonds. The van der Waals surface area contributed by atoms with E-state index in [2.05, 4.69) is 10.3 Å². The smallest absolute Gasteiger partial charge is 0.296 e. The molecular weight excluding hydrogens is 305 g/mol. The first-order chi connectivity index (χ1) is 10.9. The maximum Gasteiger partial charge on any atom is 0.296 e. The van der Waals surface area contributed by atoms with Gasteiger partial charge < -0.3 is 15.2 Å². The molecule has 0 aliphatic carbocycles. The molecule has 0 atom stereocenters. The van der Waals surface area contributed by atoms with Crippen LogP contribution in [0.25, 0.3) is 0 Å². The van der Waals surface area contributed by atoms with Crippen molar-refractivity contribution in [3.63, 3.8) is 0 Å². The Morgan fingerprint density at radius 2 is 2.04 bits per heavy atom. The number of benzene rings is 1. The molecule has 0 unspecified atom stereocenters. The van der Waals surface area contributed by atoms with Gasteiger partial charge in [0.1, 0.15) is 17.9 Å². The van der Waals surface area contributed by atoms with Gasteiger partial charge in [-0.1, -0.05) is 12.1 Å². The summed E-state index contributed by atoms with van der Waals surface area (Å²) >= 11 is 0. The average Bonchev–Trinajstić information content (AvgIpc) is 2.54. The van der Waals surface area contributed by atoms with Crippen LogP contribution >= 0.6 is 0 Å². The van der Waals surface area contributed by atoms with Crippen LogP contribution in [0, 0.1) is 5.82 Å².